The molecule has 10 rings (SSSR count). The molecule has 1 aromatic heterocycles. The van der Waals surface area contributed by atoms with Gasteiger partial charge in [-0.15, -0.1) is 0 Å². The van der Waals surface area contributed by atoms with Gasteiger partial charge >= 0.3 is 0 Å². The largest absolute Gasteiger partial charge is 0.350 e. The molecule has 0 bridgehead atoms. The fourth-order valence-electron chi connectivity index (χ4n) is 9.24. The van der Waals surface area contributed by atoms with E-state index in [2.05, 4.69) is 139 Å². The van der Waals surface area contributed by atoms with Crippen LogP contribution in [-0.4, -0.2) is 32.8 Å². The Morgan fingerprint density at radius 2 is 2.02 bits per heavy atom. The summed E-state index contributed by atoms with van der Waals surface area (Å²) in [5.74, 6) is 3.48. The van der Waals surface area contributed by atoms with Gasteiger partial charge in [-0.3, -0.25) is 4.57 Å². The van der Waals surface area contributed by atoms with Gasteiger partial charge in [-0.1, -0.05) is 137 Å². The quantitative estimate of drug-likeness (QED) is 0.123. The van der Waals surface area contributed by atoms with Crippen molar-refractivity contribution in [2.24, 2.45) is 25.6 Å². The molecule has 5 heterocycles. The van der Waals surface area contributed by atoms with Gasteiger partial charge in [0.15, 0.2) is 5.84 Å². The molecule has 1 saturated heterocycles. The molecule has 5 nitrogen and oxygen atoms in total. The Morgan fingerprint density at radius 1 is 1.09 bits per heavy atom. The van der Waals surface area contributed by atoms with Crippen LogP contribution in [0.5, 0.6) is 0 Å². The van der Waals surface area contributed by atoms with Gasteiger partial charge < -0.3 is 4.90 Å². The van der Waals surface area contributed by atoms with Crippen molar-refractivity contribution in [3.63, 3.8) is 0 Å². The molecule has 7 atom stereocenters. The van der Waals surface area contributed by atoms with Crippen LogP contribution in [0.25, 0.3) is 12.2 Å². The summed E-state index contributed by atoms with van der Waals surface area (Å²) in [5.41, 5.74) is 10.5. The Balaban J connectivity index is 1.14. The highest BCUT2D eigenvalue weighted by Crippen LogP contribution is 2.63. The summed E-state index contributed by atoms with van der Waals surface area (Å²) in [5, 5.41) is 0. The van der Waals surface area contributed by atoms with Gasteiger partial charge in [0, 0.05) is 50.7 Å². The Labute approximate surface area is 335 Å². The molecule has 1 spiro atoms. The fraction of sp³-hybridized carbons (Fsp3) is 0.289. The van der Waals surface area contributed by atoms with Crippen LogP contribution in [-0.2, 0) is 10.9 Å². The Morgan fingerprint density at radius 3 is 2.85 bits per heavy atom. The van der Waals surface area contributed by atoms with Crippen LogP contribution in [0.1, 0.15) is 97.5 Å². The summed E-state index contributed by atoms with van der Waals surface area (Å²) < 4.78 is 20.8. The standard InChI is InChI=1S/C45H43I2N5S/c1-4-5-6-12-30(3)52-41-35(27-45(52)21-10-23-47-45)18-20-39-40(41)37-19-17-33-26-38(33)42(37)51(39)44-48-43(49-53(50-44)36-16-9-22-46-28-36)34-15-8-14-32(25-34)31-13-7-11-29(2)24-31/h4-9,11-20,22-23,25,28,31,33,35,38,41H,3,10,21,24,26-27H2,1-2H3/b5-4-,12-6-/t31?,33-,35?,38?,41?,45?,53+/m0/s1. The first-order valence-electron chi connectivity index (χ1n) is 18.8. The normalized spacial score (nSPS) is 31.6. The summed E-state index contributed by atoms with van der Waals surface area (Å²) in [4.78, 5) is 9.45. The monoisotopic (exact) mass is 939 g/mol. The van der Waals surface area contributed by atoms with Crippen LogP contribution in [0.15, 0.2) is 132 Å². The molecular weight excluding hydrogens is 896 g/mol. The van der Waals surface area contributed by atoms with Gasteiger partial charge in [0.1, 0.15) is 0 Å². The van der Waals surface area contributed by atoms with E-state index in [0.29, 0.717) is 23.7 Å². The van der Waals surface area contributed by atoms with E-state index in [1.54, 1.807) is 0 Å². The van der Waals surface area contributed by atoms with E-state index in [1.165, 1.54) is 64.2 Å². The first-order chi connectivity index (χ1) is 26.0. The minimum Gasteiger partial charge on any atom is -0.350 e. The summed E-state index contributed by atoms with van der Waals surface area (Å²) in [6.45, 7) is 9.06. The molecular formula is C45H43I2N5S. The second-order valence-electron chi connectivity index (χ2n) is 15.1. The van der Waals surface area contributed by atoms with Gasteiger partial charge in [0.05, 0.1) is 26.2 Å². The molecule has 4 aliphatic carbocycles. The highest BCUT2D eigenvalue weighted by atomic mass is 127. The average Bonchev–Trinajstić information content (AvgIpc) is 3.53. The molecule has 2 fully saturated rings. The molecule has 268 valence electrons. The van der Waals surface area contributed by atoms with Crippen molar-refractivity contribution in [2.45, 2.75) is 67.4 Å². The van der Waals surface area contributed by atoms with E-state index in [0.717, 1.165) is 29.5 Å². The second kappa shape index (κ2) is 13.7. The van der Waals surface area contributed by atoms with Crippen LogP contribution in [0, 0.1) is 11.8 Å². The lowest BCUT2D eigenvalue weighted by molar-refractivity contribution is 0.234. The van der Waals surface area contributed by atoms with Gasteiger partial charge in [-0.05, 0) is 89.8 Å². The lowest BCUT2D eigenvalue weighted by Crippen LogP contribution is -2.38. The van der Waals surface area contributed by atoms with Crippen molar-refractivity contribution in [2.75, 3.05) is 0 Å². The molecule has 4 aliphatic heterocycles. The third-order valence-electron chi connectivity index (χ3n) is 11.7. The number of fused-ring (bicyclic) bond motifs is 7. The smallest absolute Gasteiger partial charge is 0.244 e. The van der Waals surface area contributed by atoms with Crippen LogP contribution < -0.4 is 0 Å². The molecule has 0 radical (unpaired) electrons. The number of halogens is 2. The number of likely N-dealkylation sites (tertiary alicyclic amines) is 1. The molecule has 5 unspecified atom stereocenters. The van der Waals surface area contributed by atoms with E-state index >= 15 is 0 Å². The van der Waals surface area contributed by atoms with Crippen molar-refractivity contribution in [1.82, 2.24) is 9.47 Å². The van der Waals surface area contributed by atoms with E-state index in [-0.39, 0.29) is 51.0 Å². The number of amidine groups is 1. The minimum atomic E-state index is -0.686. The lowest BCUT2D eigenvalue weighted by atomic mass is 9.84. The maximum Gasteiger partial charge on any atom is 0.244 e. The van der Waals surface area contributed by atoms with Crippen molar-refractivity contribution in [3.8, 4) is 0 Å². The maximum absolute atomic E-state index is 5.49. The number of rotatable bonds is 6. The minimum absolute atomic E-state index is 0.0943. The number of hydrogen-bond donors (Lipinski definition) is 0. The molecule has 0 amide bonds. The Hall–Kier alpha value is -3.35. The third-order valence-corrected chi connectivity index (χ3v) is 19.0. The van der Waals surface area contributed by atoms with Crippen LogP contribution in [0.3, 0.4) is 0 Å². The lowest BCUT2D eigenvalue weighted by Gasteiger charge is -2.40. The van der Waals surface area contributed by atoms with Crippen LogP contribution in [0.2, 0.25) is 0 Å². The van der Waals surface area contributed by atoms with E-state index in [4.69, 9.17) is 20.3 Å². The predicted molar refractivity (Wildman–Crippen MR) is 244 cm³/mol. The number of allylic oxidation sites excluding steroid dienone is 12. The molecule has 0 N–H and O–H groups in total. The third kappa shape index (κ3) is 5.93. The molecule has 1 aromatic carbocycles. The highest BCUT2D eigenvalue weighted by molar-refractivity contribution is 14.2. The van der Waals surface area contributed by atoms with Crippen molar-refractivity contribution in [3.05, 3.63) is 152 Å². The van der Waals surface area contributed by atoms with Crippen LogP contribution >= 0.6 is 41.5 Å². The van der Waals surface area contributed by atoms with E-state index in [9.17, 15) is 0 Å². The molecule has 2 aromatic rings. The number of nitrogens with zero attached hydrogens (tertiary/aromatic N) is 5. The molecule has 8 aliphatic rings. The SMILES string of the molecule is C=C(/C=C\C=C/C)N1C2c3c4c(n(C5=N[S@](C6=CC=CI=C6)=NC(c6cccc(C7C=CC=C(C)C7)c6)=N5)c3C=CC2CC12CCC=I2)C1C[C@@H]1C=C4. The van der Waals surface area contributed by atoms with E-state index in [1.807, 2.05) is 0 Å². The van der Waals surface area contributed by atoms with Gasteiger partial charge in [0.25, 0.3) is 0 Å². The Bertz CT molecular complexity index is 2370. The van der Waals surface area contributed by atoms with Crippen molar-refractivity contribution in [1.29, 1.82) is 0 Å². The first-order valence-corrected chi connectivity index (χ1v) is 24.8. The maximum atomic E-state index is 5.49. The first kappa shape index (κ1) is 34.2. The summed E-state index contributed by atoms with van der Waals surface area (Å²) in [6, 6.07) is 9.19. The number of aromatic nitrogens is 1. The summed E-state index contributed by atoms with van der Waals surface area (Å²) >= 11 is -0.246. The molecule has 1 saturated carbocycles. The molecule has 8 heteroatoms. The second-order valence-corrected chi connectivity index (χ2v) is 22.0. The van der Waals surface area contributed by atoms with Crippen LogP contribution in [0.4, 0.5) is 0 Å². The van der Waals surface area contributed by atoms with Gasteiger partial charge in [-0.25, -0.2) is 0 Å². The number of aliphatic imine (C=N–C) groups is 1. The average molecular weight is 940 g/mol. The summed E-state index contributed by atoms with van der Waals surface area (Å²) in [7, 11) is -0.686. The number of benzene rings is 1. The zero-order chi connectivity index (χ0) is 35.7. The highest BCUT2D eigenvalue weighted by Gasteiger charge is 2.55. The van der Waals surface area contributed by atoms with Gasteiger partial charge in [0.2, 0.25) is 5.96 Å². The van der Waals surface area contributed by atoms with E-state index < -0.39 is 10.9 Å². The van der Waals surface area contributed by atoms with Crippen molar-refractivity contribution >= 4 is 84.3 Å². The number of alkyl halides is 1. The summed E-state index contributed by atoms with van der Waals surface area (Å²) in [6.07, 6.45) is 35.6. The van der Waals surface area contributed by atoms with Crippen molar-refractivity contribution < 1.29 is 0 Å². The van der Waals surface area contributed by atoms with Gasteiger partial charge in [-0.2, -0.15) is 13.8 Å². The fourth-order valence-corrected chi connectivity index (χ4v) is 16.3. The zero-order valence-electron chi connectivity index (χ0n) is 30.1. The zero-order valence-corrected chi connectivity index (χ0v) is 35.2. The Kier molecular flexibility index (Phi) is 8.86. The number of hydrogen-bond acceptors (Lipinski definition) is 4. The topological polar surface area (TPSA) is 45.2 Å². The predicted octanol–water partition coefficient (Wildman–Crippen LogP) is 11.5. The molecule has 53 heavy (non-hydrogen) atoms.